The van der Waals surface area contributed by atoms with Crippen LogP contribution in [0, 0.1) is 12.3 Å². The summed E-state index contributed by atoms with van der Waals surface area (Å²) in [4.78, 5) is 12.0. The molecule has 1 rings (SSSR count). The van der Waals surface area contributed by atoms with E-state index in [2.05, 4.69) is 11.2 Å². The number of aromatic hydroxyl groups is 1. The summed E-state index contributed by atoms with van der Waals surface area (Å²) < 4.78 is 5.02. The first-order valence-electron chi connectivity index (χ1n) is 5.73. The van der Waals surface area contributed by atoms with Crippen molar-refractivity contribution < 1.29 is 14.6 Å². The van der Waals surface area contributed by atoms with Crippen molar-refractivity contribution >= 4 is 5.91 Å². The zero-order chi connectivity index (χ0) is 13.5. The minimum atomic E-state index is -0.353. The van der Waals surface area contributed by atoms with Crippen LogP contribution < -0.4 is 10.1 Å². The molecule has 1 unspecified atom stereocenters. The normalized spacial score (nSPS) is 11.4. The molecule has 96 valence electrons. The molecule has 4 nitrogen and oxygen atoms in total. The van der Waals surface area contributed by atoms with E-state index in [1.165, 1.54) is 19.2 Å². The molecule has 1 amide bonds. The number of phenols is 1. The van der Waals surface area contributed by atoms with Crippen LogP contribution in [0.2, 0.25) is 0 Å². The van der Waals surface area contributed by atoms with Crippen LogP contribution in [0.25, 0.3) is 0 Å². The van der Waals surface area contributed by atoms with Gasteiger partial charge < -0.3 is 15.2 Å². The van der Waals surface area contributed by atoms with Crippen LogP contribution in [0.4, 0.5) is 0 Å². The number of methoxy groups -OCH3 is 1. The van der Waals surface area contributed by atoms with Crippen LogP contribution in [-0.2, 0) is 0 Å². The molecule has 0 heterocycles. The number of hydrogen-bond acceptors (Lipinski definition) is 3. The van der Waals surface area contributed by atoms with E-state index in [4.69, 9.17) is 11.2 Å². The van der Waals surface area contributed by atoms with Gasteiger partial charge >= 0.3 is 0 Å². The molecule has 0 radical (unpaired) electrons. The Balaban J connectivity index is 2.86. The summed E-state index contributed by atoms with van der Waals surface area (Å²) in [5.74, 6) is 2.59. The van der Waals surface area contributed by atoms with Gasteiger partial charge in [-0.2, -0.15) is 0 Å². The maximum absolute atomic E-state index is 12.0. The first-order chi connectivity index (χ1) is 8.62. The predicted octanol–water partition coefficient (Wildman–Crippen LogP) is 1.93. The lowest BCUT2D eigenvalue weighted by atomic mass is 10.1. The van der Waals surface area contributed by atoms with Gasteiger partial charge in [0, 0.05) is 12.5 Å². The molecule has 2 N–H and O–H groups in total. The molecule has 0 saturated carbocycles. The van der Waals surface area contributed by atoms with Crippen LogP contribution in [0.15, 0.2) is 18.2 Å². The number of ether oxygens (including phenoxy) is 1. The monoisotopic (exact) mass is 247 g/mol. The zero-order valence-electron chi connectivity index (χ0n) is 10.6. The minimum absolute atomic E-state index is 0.0798. The fraction of sp³-hybridized carbons (Fsp3) is 0.357. The molecule has 0 spiro atoms. The largest absolute Gasteiger partial charge is 0.507 e. The highest BCUT2D eigenvalue weighted by molar-refractivity contribution is 5.97. The number of phenolic OH excluding ortho intramolecular Hbond substituents is 1. The second-order valence-corrected chi connectivity index (χ2v) is 3.87. The molecular weight excluding hydrogens is 230 g/mol. The zero-order valence-corrected chi connectivity index (χ0v) is 10.6. The van der Waals surface area contributed by atoms with Gasteiger partial charge in [-0.05, 0) is 24.6 Å². The molecule has 0 aromatic heterocycles. The standard InChI is InChI=1S/C14H17NO3/c1-4-6-10(5-2)15-14(17)12-9-11(18-3)7-8-13(12)16/h1,7-10,16H,5-6H2,2-3H3,(H,15,17). The Morgan fingerprint density at radius 3 is 2.89 bits per heavy atom. The fourth-order valence-corrected chi connectivity index (χ4v) is 1.53. The molecular formula is C14H17NO3. The summed E-state index contributed by atoms with van der Waals surface area (Å²) in [5, 5.41) is 12.4. The number of nitrogens with one attached hydrogen (secondary N) is 1. The van der Waals surface area contributed by atoms with Crippen LogP contribution in [0.1, 0.15) is 30.1 Å². The average Bonchev–Trinajstić information content (AvgIpc) is 2.38. The van der Waals surface area contributed by atoms with Gasteiger partial charge in [-0.3, -0.25) is 4.79 Å². The lowest BCUT2D eigenvalue weighted by Crippen LogP contribution is -2.34. The third-order valence-electron chi connectivity index (χ3n) is 2.64. The molecule has 18 heavy (non-hydrogen) atoms. The highest BCUT2D eigenvalue weighted by atomic mass is 16.5. The third kappa shape index (κ3) is 3.42. The van der Waals surface area contributed by atoms with Crippen molar-refractivity contribution in [3.63, 3.8) is 0 Å². The highest BCUT2D eigenvalue weighted by Crippen LogP contribution is 2.22. The van der Waals surface area contributed by atoms with E-state index in [0.717, 1.165) is 6.42 Å². The molecule has 0 fully saturated rings. The van der Waals surface area contributed by atoms with Gasteiger partial charge in [0.05, 0.1) is 12.7 Å². The smallest absolute Gasteiger partial charge is 0.255 e. The molecule has 1 atom stereocenters. The summed E-state index contributed by atoms with van der Waals surface area (Å²) in [6, 6.07) is 4.42. The Hall–Kier alpha value is -2.15. The van der Waals surface area contributed by atoms with Crippen LogP contribution in [0.3, 0.4) is 0 Å². The van der Waals surface area contributed by atoms with E-state index < -0.39 is 0 Å². The molecule has 0 bridgehead atoms. The first-order valence-corrected chi connectivity index (χ1v) is 5.73. The van der Waals surface area contributed by atoms with Gasteiger partial charge in [0.1, 0.15) is 11.5 Å². The summed E-state index contributed by atoms with van der Waals surface area (Å²) in [7, 11) is 1.50. The second-order valence-electron chi connectivity index (χ2n) is 3.87. The van der Waals surface area contributed by atoms with Gasteiger partial charge in [0.15, 0.2) is 0 Å². The summed E-state index contributed by atoms with van der Waals surface area (Å²) in [5.41, 5.74) is 0.185. The minimum Gasteiger partial charge on any atom is -0.507 e. The maximum Gasteiger partial charge on any atom is 0.255 e. The van der Waals surface area contributed by atoms with Crippen molar-refractivity contribution in [3.05, 3.63) is 23.8 Å². The summed E-state index contributed by atoms with van der Waals surface area (Å²) in [6.07, 6.45) is 6.43. The molecule has 0 aliphatic rings. The van der Waals surface area contributed by atoms with Crippen LogP contribution >= 0.6 is 0 Å². The maximum atomic E-state index is 12.0. The van der Waals surface area contributed by atoms with Crippen molar-refractivity contribution in [2.45, 2.75) is 25.8 Å². The summed E-state index contributed by atoms with van der Waals surface area (Å²) in [6.45, 7) is 1.94. The van der Waals surface area contributed by atoms with Crippen LogP contribution in [-0.4, -0.2) is 24.2 Å². The van der Waals surface area contributed by atoms with E-state index in [9.17, 15) is 9.90 Å². The number of hydrogen-bond donors (Lipinski definition) is 2. The number of carbonyl (C=O) groups is 1. The number of rotatable bonds is 5. The van der Waals surface area contributed by atoms with Crippen molar-refractivity contribution in [1.29, 1.82) is 0 Å². The Kier molecular flexibility index (Phi) is 5.06. The number of amides is 1. The lowest BCUT2D eigenvalue weighted by molar-refractivity contribution is 0.0933. The number of terminal acetylenes is 1. The number of carbonyl (C=O) groups excluding carboxylic acids is 1. The van der Waals surface area contributed by atoms with Crippen molar-refractivity contribution in [3.8, 4) is 23.8 Å². The van der Waals surface area contributed by atoms with Gasteiger partial charge in [-0.1, -0.05) is 6.92 Å². The van der Waals surface area contributed by atoms with Gasteiger partial charge in [-0.25, -0.2) is 0 Å². The van der Waals surface area contributed by atoms with Crippen LogP contribution in [0.5, 0.6) is 11.5 Å². The topological polar surface area (TPSA) is 58.6 Å². The third-order valence-corrected chi connectivity index (χ3v) is 2.64. The fourth-order valence-electron chi connectivity index (χ4n) is 1.53. The van der Waals surface area contributed by atoms with E-state index in [1.807, 2.05) is 6.92 Å². The molecule has 1 aromatic carbocycles. The second kappa shape index (κ2) is 6.55. The molecule has 0 aliphatic heterocycles. The molecule has 0 saturated heterocycles. The number of benzene rings is 1. The van der Waals surface area contributed by atoms with E-state index in [-0.39, 0.29) is 23.3 Å². The Bertz CT molecular complexity index is 463. The Morgan fingerprint density at radius 2 is 2.33 bits per heavy atom. The van der Waals surface area contributed by atoms with Crippen molar-refractivity contribution in [2.75, 3.05) is 7.11 Å². The Morgan fingerprint density at radius 1 is 1.61 bits per heavy atom. The lowest BCUT2D eigenvalue weighted by Gasteiger charge is -2.15. The van der Waals surface area contributed by atoms with Gasteiger partial charge in [0.2, 0.25) is 0 Å². The van der Waals surface area contributed by atoms with Gasteiger partial charge in [0.25, 0.3) is 5.91 Å². The highest BCUT2D eigenvalue weighted by Gasteiger charge is 2.15. The van der Waals surface area contributed by atoms with E-state index >= 15 is 0 Å². The first kappa shape index (κ1) is 13.9. The quantitative estimate of drug-likeness (QED) is 0.782. The molecule has 0 aliphatic carbocycles. The van der Waals surface area contributed by atoms with Crippen molar-refractivity contribution in [2.24, 2.45) is 0 Å². The Labute approximate surface area is 107 Å². The molecule has 4 heteroatoms. The SMILES string of the molecule is C#CCC(CC)NC(=O)c1cc(OC)ccc1O. The van der Waals surface area contributed by atoms with E-state index in [0.29, 0.717) is 12.2 Å². The van der Waals surface area contributed by atoms with Crippen molar-refractivity contribution in [1.82, 2.24) is 5.32 Å². The average molecular weight is 247 g/mol. The predicted molar refractivity (Wildman–Crippen MR) is 69.7 cm³/mol. The summed E-state index contributed by atoms with van der Waals surface area (Å²) >= 11 is 0. The van der Waals surface area contributed by atoms with Gasteiger partial charge in [-0.15, -0.1) is 12.3 Å². The van der Waals surface area contributed by atoms with E-state index in [1.54, 1.807) is 6.07 Å². The molecule has 1 aromatic rings.